The summed E-state index contributed by atoms with van der Waals surface area (Å²) in [6.07, 6.45) is 4.27. The standard InChI is InChI=1S/C13H23N5O/c1-2-14-13(9-19,11-3-4-11)8-17-5-6-18-10-15-16-12(18)7-17/h10-11,14,19H,2-9H2,1H3. The van der Waals surface area contributed by atoms with Gasteiger partial charge in [0.25, 0.3) is 0 Å². The van der Waals surface area contributed by atoms with Crippen molar-refractivity contribution in [2.45, 2.75) is 38.4 Å². The fraction of sp³-hybridized carbons (Fsp3) is 0.846. The molecule has 106 valence electrons. The first-order chi connectivity index (χ1) is 9.27. The van der Waals surface area contributed by atoms with Crippen LogP contribution in [0, 0.1) is 5.92 Å². The lowest BCUT2D eigenvalue weighted by Gasteiger charge is -2.39. The van der Waals surface area contributed by atoms with E-state index in [2.05, 4.69) is 31.9 Å². The van der Waals surface area contributed by atoms with Crippen LogP contribution in [0.15, 0.2) is 6.33 Å². The third-order valence-corrected chi connectivity index (χ3v) is 4.39. The van der Waals surface area contributed by atoms with Crippen molar-refractivity contribution in [1.29, 1.82) is 0 Å². The van der Waals surface area contributed by atoms with E-state index >= 15 is 0 Å². The Kier molecular flexibility index (Phi) is 3.56. The molecule has 0 spiro atoms. The van der Waals surface area contributed by atoms with Crippen LogP contribution in [-0.4, -0.2) is 56.6 Å². The summed E-state index contributed by atoms with van der Waals surface area (Å²) in [5.41, 5.74) is -0.128. The van der Waals surface area contributed by atoms with Crippen LogP contribution in [-0.2, 0) is 13.1 Å². The monoisotopic (exact) mass is 265 g/mol. The number of nitrogens with one attached hydrogen (secondary N) is 1. The van der Waals surface area contributed by atoms with Gasteiger partial charge in [0.15, 0.2) is 0 Å². The van der Waals surface area contributed by atoms with E-state index in [9.17, 15) is 5.11 Å². The molecule has 2 aliphatic rings. The van der Waals surface area contributed by atoms with E-state index < -0.39 is 0 Å². The fourth-order valence-electron chi connectivity index (χ4n) is 3.20. The molecule has 6 nitrogen and oxygen atoms in total. The molecule has 0 saturated heterocycles. The molecule has 1 aromatic heterocycles. The van der Waals surface area contributed by atoms with Gasteiger partial charge in [0.05, 0.1) is 18.7 Å². The van der Waals surface area contributed by atoms with Gasteiger partial charge < -0.3 is 15.0 Å². The summed E-state index contributed by atoms with van der Waals surface area (Å²) in [5.74, 6) is 1.66. The van der Waals surface area contributed by atoms with Crippen LogP contribution in [0.1, 0.15) is 25.6 Å². The highest BCUT2D eigenvalue weighted by atomic mass is 16.3. The number of nitrogens with zero attached hydrogens (tertiary/aromatic N) is 4. The van der Waals surface area contributed by atoms with Crippen molar-refractivity contribution in [2.75, 3.05) is 26.2 Å². The van der Waals surface area contributed by atoms with Gasteiger partial charge in [-0.25, -0.2) is 0 Å². The fourth-order valence-corrected chi connectivity index (χ4v) is 3.20. The maximum atomic E-state index is 9.88. The Morgan fingerprint density at radius 2 is 2.32 bits per heavy atom. The number of likely N-dealkylation sites (N-methyl/N-ethyl adjacent to an activating group) is 1. The third-order valence-electron chi connectivity index (χ3n) is 4.39. The molecule has 0 radical (unpaired) electrons. The number of fused-ring (bicyclic) bond motifs is 1. The molecule has 2 N–H and O–H groups in total. The molecule has 1 fully saturated rings. The van der Waals surface area contributed by atoms with Crippen molar-refractivity contribution in [3.05, 3.63) is 12.2 Å². The minimum absolute atomic E-state index is 0.128. The maximum Gasteiger partial charge on any atom is 0.147 e. The molecule has 1 aliphatic heterocycles. The molecule has 0 amide bonds. The van der Waals surface area contributed by atoms with Gasteiger partial charge in [-0.2, -0.15) is 0 Å². The van der Waals surface area contributed by atoms with Crippen LogP contribution < -0.4 is 5.32 Å². The summed E-state index contributed by atoms with van der Waals surface area (Å²) in [6.45, 7) is 6.91. The first-order valence-corrected chi connectivity index (χ1v) is 7.22. The molecule has 0 aromatic carbocycles. The van der Waals surface area contributed by atoms with Crippen LogP contribution in [0.4, 0.5) is 0 Å². The number of aliphatic hydroxyl groups is 1. The predicted octanol–water partition coefficient (Wildman–Crippen LogP) is -0.156. The second-order valence-electron chi connectivity index (χ2n) is 5.77. The van der Waals surface area contributed by atoms with Crippen molar-refractivity contribution in [3.63, 3.8) is 0 Å². The molecule has 0 bridgehead atoms. The minimum atomic E-state index is -0.128. The molecule has 1 atom stereocenters. The number of aromatic nitrogens is 3. The first-order valence-electron chi connectivity index (χ1n) is 7.22. The summed E-state index contributed by atoms with van der Waals surface area (Å²) in [6, 6.07) is 0. The largest absolute Gasteiger partial charge is 0.394 e. The average Bonchev–Trinajstić information content (AvgIpc) is 3.17. The normalized spacial score (nSPS) is 23.1. The summed E-state index contributed by atoms with van der Waals surface area (Å²) in [5, 5.41) is 21.5. The Balaban J connectivity index is 1.69. The Hall–Kier alpha value is -0.980. The second kappa shape index (κ2) is 5.19. The molecule has 1 unspecified atom stereocenters. The van der Waals surface area contributed by atoms with E-state index in [1.165, 1.54) is 12.8 Å². The Bertz CT molecular complexity index is 430. The van der Waals surface area contributed by atoms with Gasteiger partial charge in [-0.1, -0.05) is 6.92 Å². The number of hydrogen-bond donors (Lipinski definition) is 2. The average molecular weight is 265 g/mol. The van der Waals surface area contributed by atoms with E-state index in [4.69, 9.17) is 0 Å². The van der Waals surface area contributed by atoms with Gasteiger partial charge in [0.2, 0.25) is 0 Å². The number of hydrogen-bond acceptors (Lipinski definition) is 5. The highest BCUT2D eigenvalue weighted by Gasteiger charge is 2.45. The molecular formula is C13H23N5O. The van der Waals surface area contributed by atoms with Gasteiger partial charge in [-0.3, -0.25) is 4.90 Å². The van der Waals surface area contributed by atoms with E-state index in [-0.39, 0.29) is 12.1 Å². The highest BCUT2D eigenvalue weighted by Crippen LogP contribution is 2.40. The van der Waals surface area contributed by atoms with Gasteiger partial charge in [0.1, 0.15) is 12.2 Å². The lowest BCUT2D eigenvalue weighted by molar-refractivity contribution is 0.0786. The second-order valence-corrected chi connectivity index (χ2v) is 5.77. The number of rotatable bonds is 6. The van der Waals surface area contributed by atoms with E-state index in [0.717, 1.165) is 38.5 Å². The Labute approximate surface area is 113 Å². The van der Waals surface area contributed by atoms with Crippen molar-refractivity contribution < 1.29 is 5.11 Å². The van der Waals surface area contributed by atoms with Gasteiger partial charge in [0, 0.05) is 19.6 Å². The molecule has 3 rings (SSSR count). The van der Waals surface area contributed by atoms with Crippen molar-refractivity contribution in [2.24, 2.45) is 5.92 Å². The van der Waals surface area contributed by atoms with Crippen LogP contribution in [0.25, 0.3) is 0 Å². The predicted molar refractivity (Wildman–Crippen MR) is 71.5 cm³/mol. The maximum absolute atomic E-state index is 9.88. The molecule has 1 aliphatic carbocycles. The molecule has 1 aromatic rings. The minimum Gasteiger partial charge on any atom is -0.394 e. The molecular weight excluding hydrogens is 242 g/mol. The quantitative estimate of drug-likeness (QED) is 0.748. The summed E-state index contributed by atoms with van der Waals surface area (Å²) in [4.78, 5) is 2.39. The SMILES string of the molecule is CCNC(CO)(CN1CCn2cnnc2C1)C1CC1. The Morgan fingerprint density at radius 1 is 1.47 bits per heavy atom. The molecule has 19 heavy (non-hydrogen) atoms. The zero-order valence-electron chi connectivity index (χ0n) is 11.5. The van der Waals surface area contributed by atoms with E-state index in [0.29, 0.717) is 5.92 Å². The van der Waals surface area contributed by atoms with Crippen molar-refractivity contribution >= 4 is 0 Å². The van der Waals surface area contributed by atoms with Gasteiger partial charge >= 0.3 is 0 Å². The van der Waals surface area contributed by atoms with Crippen LogP contribution in [0.5, 0.6) is 0 Å². The highest BCUT2D eigenvalue weighted by molar-refractivity contribution is 5.04. The zero-order valence-corrected chi connectivity index (χ0v) is 11.5. The molecule has 6 heteroatoms. The molecule has 1 saturated carbocycles. The van der Waals surface area contributed by atoms with Crippen LogP contribution in [0.3, 0.4) is 0 Å². The number of aliphatic hydroxyl groups excluding tert-OH is 1. The summed E-state index contributed by atoms with van der Waals surface area (Å²) in [7, 11) is 0. The van der Waals surface area contributed by atoms with Gasteiger partial charge in [-0.15, -0.1) is 10.2 Å². The topological polar surface area (TPSA) is 66.2 Å². The lowest BCUT2D eigenvalue weighted by Crippen LogP contribution is -2.58. The lowest BCUT2D eigenvalue weighted by atomic mass is 9.93. The first kappa shape index (κ1) is 13.0. The third kappa shape index (κ3) is 2.52. The van der Waals surface area contributed by atoms with E-state index in [1.807, 2.05) is 0 Å². The zero-order chi connectivity index (χ0) is 13.3. The van der Waals surface area contributed by atoms with E-state index in [1.54, 1.807) is 6.33 Å². The smallest absolute Gasteiger partial charge is 0.147 e. The molecule has 2 heterocycles. The summed E-state index contributed by atoms with van der Waals surface area (Å²) < 4.78 is 2.11. The van der Waals surface area contributed by atoms with Crippen molar-refractivity contribution in [3.8, 4) is 0 Å². The van der Waals surface area contributed by atoms with Gasteiger partial charge in [-0.05, 0) is 25.3 Å². The summed E-state index contributed by atoms with van der Waals surface area (Å²) >= 11 is 0. The van der Waals surface area contributed by atoms with Crippen molar-refractivity contribution in [1.82, 2.24) is 25.0 Å². The van der Waals surface area contributed by atoms with Crippen LogP contribution in [0.2, 0.25) is 0 Å². The Morgan fingerprint density at radius 3 is 3.00 bits per heavy atom. The van der Waals surface area contributed by atoms with Crippen LogP contribution >= 0.6 is 0 Å².